The molecule has 4 aromatic rings. The molecule has 1 aliphatic rings. The standard InChI is InChI=1S/C26H19N2O8P/c1-15-3-13-21(17-5-9-19(10-6-17)27(29)30)25-23(15)24-16(2)4-14-22(26(24)36-37(33,34)35-25)18-7-11-20(12-8-18)28(31)32/h3-14H,1-2H3,(H,33,34). The molecule has 5 rings (SSSR count). The molecule has 0 aromatic heterocycles. The van der Waals surface area contributed by atoms with Crippen LogP contribution in [0.25, 0.3) is 33.4 Å². The summed E-state index contributed by atoms with van der Waals surface area (Å²) in [6, 6.07) is 18.7. The van der Waals surface area contributed by atoms with E-state index in [4.69, 9.17) is 9.05 Å². The van der Waals surface area contributed by atoms with Crippen LogP contribution in [-0.4, -0.2) is 14.7 Å². The van der Waals surface area contributed by atoms with Crippen LogP contribution < -0.4 is 9.05 Å². The molecule has 0 radical (unpaired) electrons. The molecular formula is C26H19N2O8P. The highest BCUT2D eigenvalue weighted by molar-refractivity contribution is 7.48. The van der Waals surface area contributed by atoms with Gasteiger partial charge in [0.25, 0.3) is 11.4 Å². The van der Waals surface area contributed by atoms with Crippen molar-refractivity contribution in [1.29, 1.82) is 0 Å². The van der Waals surface area contributed by atoms with Crippen molar-refractivity contribution < 1.29 is 28.4 Å². The van der Waals surface area contributed by atoms with E-state index in [1.807, 2.05) is 26.0 Å². The fourth-order valence-corrected chi connectivity index (χ4v) is 5.28. The third kappa shape index (κ3) is 4.33. The second kappa shape index (κ2) is 8.85. The average molecular weight is 518 g/mol. The number of hydrogen-bond acceptors (Lipinski definition) is 7. The van der Waals surface area contributed by atoms with E-state index in [0.29, 0.717) is 33.4 Å². The Hall–Kier alpha value is -4.53. The molecule has 0 fully saturated rings. The van der Waals surface area contributed by atoms with E-state index in [2.05, 4.69) is 0 Å². The number of aryl methyl sites for hydroxylation is 2. The van der Waals surface area contributed by atoms with Crippen molar-refractivity contribution in [3.63, 3.8) is 0 Å². The summed E-state index contributed by atoms with van der Waals surface area (Å²) in [6.45, 7) is 3.66. The summed E-state index contributed by atoms with van der Waals surface area (Å²) in [6.07, 6.45) is 0. The quantitative estimate of drug-likeness (QED) is 0.173. The second-order valence-electron chi connectivity index (χ2n) is 8.53. The lowest BCUT2D eigenvalue weighted by molar-refractivity contribution is -0.385. The van der Waals surface area contributed by atoms with Crippen LogP contribution in [0.3, 0.4) is 0 Å². The molecule has 0 aliphatic carbocycles. The lowest BCUT2D eigenvalue weighted by atomic mass is 9.88. The zero-order valence-electron chi connectivity index (χ0n) is 19.6. The molecular weight excluding hydrogens is 499 g/mol. The molecule has 1 N–H and O–H groups in total. The van der Waals surface area contributed by atoms with Crippen molar-refractivity contribution in [2.75, 3.05) is 0 Å². The molecule has 0 atom stereocenters. The molecule has 0 saturated carbocycles. The molecule has 37 heavy (non-hydrogen) atoms. The lowest BCUT2D eigenvalue weighted by Gasteiger charge is -2.17. The lowest BCUT2D eigenvalue weighted by Crippen LogP contribution is -2.00. The number of phosphoric ester groups is 1. The number of fused-ring (bicyclic) bond motifs is 3. The smallest absolute Gasteiger partial charge is 0.394 e. The minimum Gasteiger partial charge on any atom is -0.394 e. The predicted molar refractivity (Wildman–Crippen MR) is 137 cm³/mol. The molecule has 0 unspecified atom stereocenters. The molecule has 0 spiro atoms. The first kappa shape index (κ1) is 24.2. The summed E-state index contributed by atoms with van der Waals surface area (Å²) in [4.78, 5) is 31.9. The van der Waals surface area contributed by atoms with Gasteiger partial charge in [0, 0.05) is 46.5 Å². The molecule has 1 heterocycles. The van der Waals surface area contributed by atoms with E-state index in [1.54, 1.807) is 36.4 Å². The number of nitrogens with zero attached hydrogens (tertiary/aromatic N) is 2. The van der Waals surface area contributed by atoms with E-state index in [-0.39, 0.29) is 22.9 Å². The van der Waals surface area contributed by atoms with Crippen LogP contribution in [0.5, 0.6) is 11.5 Å². The Kier molecular flexibility index (Phi) is 5.78. The van der Waals surface area contributed by atoms with Gasteiger partial charge >= 0.3 is 7.82 Å². The minimum absolute atomic E-state index is 0.0898. The maximum Gasteiger partial charge on any atom is 0.584 e. The monoisotopic (exact) mass is 518 g/mol. The van der Waals surface area contributed by atoms with Crippen LogP contribution in [0.1, 0.15) is 11.1 Å². The molecule has 10 nitrogen and oxygen atoms in total. The zero-order valence-corrected chi connectivity index (χ0v) is 20.5. The van der Waals surface area contributed by atoms with Gasteiger partial charge in [-0.2, -0.15) is 0 Å². The molecule has 4 aromatic carbocycles. The largest absolute Gasteiger partial charge is 0.584 e. The summed E-state index contributed by atoms with van der Waals surface area (Å²) in [5.41, 5.74) is 4.41. The van der Waals surface area contributed by atoms with Crippen molar-refractivity contribution in [2.45, 2.75) is 13.8 Å². The first-order chi connectivity index (χ1) is 17.6. The second-order valence-corrected chi connectivity index (χ2v) is 9.83. The molecule has 0 amide bonds. The highest BCUT2D eigenvalue weighted by Crippen LogP contribution is 2.59. The zero-order chi connectivity index (χ0) is 26.5. The third-order valence-electron chi connectivity index (χ3n) is 6.17. The Labute approximate surface area is 210 Å². The highest BCUT2D eigenvalue weighted by Gasteiger charge is 2.37. The van der Waals surface area contributed by atoms with Gasteiger partial charge in [-0.05, 0) is 60.4 Å². The van der Waals surface area contributed by atoms with Gasteiger partial charge in [0.2, 0.25) is 0 Å². The van der Waals surface area contributed by atoms with Crippen LogP contribution in [0, 0.1) is 34.1 Å². The van der Waals surface area contributed by atoms with Gasteiger partial charge < -0.3 is 9.05 Å². The summed E-state index contributed by atoms with van der Waals surface area (Å²) in [5.74, 6) is 0.227. The van der Waals surface area contributed by atoms with E-state index < -0.39 is 17.7 Å². The number of non-ortho nitro benzene ring substituents is 2. The minimum atomic E-state index is -4.70. The molecule has 0 bridgehead atoms. The average Bonchev–Trinajstić information content (AvgIpc) is 2.98. The van der Waals surface area contributed by atoms with Crippen molar-refractivity contribution in [3.8, 4) is 44.9 Å². The first-order valence-corrected chi connectivity index (χ1v) is 12.5. The number of benzene rings is 4. The molecule has 186 valence electrons. The summed E-state index contributed by atoms with van der Waals surface area (Å²) in [7, 11) is -4.70. The van der Waals surface area contributed by atoms with Crippen molar-refractivity contribution in [3.05, 3.63) is 104 Å². The van der Waals surface area contributed by atoms with Gasteiger partial charge in [0.15, 0.2) is 0 Å². The molecule has 11 heteroatoms. The van der Waals surface area contributed by atoms with Crippen LogP contribution >= 0.6 is 7.82 Å². The first-order valence-electron chi connectivity index (χ1n) is 11.0. The third-order valence-corrected chi connectivity index (χ3v) is 7.00. The number of hydrogen-bond donors (Lipinski definition) is 1. The summed E-state index contributed by atoms with van der Waals surface area (Å²) < 4.78 is 24.5. The van der Waals surface area contributed by atoms with Gasteiger partial charge in [-0.3, -0.25) is 25.1 Å². The molecule has 0 saturated heterocycles. The Bertz CT molecular complexity index is 1510. The van der Waals surface area contributed by atoms with Crippen LogP contribution in [0.4, 0.5) is 11.4 Å². The van der Waals surface area contributed by atoms with Gasteiger partial charge in [-0.25, -0.2) is 4.57 Å². The van der Waals surface area contributed by atoms with Gasteiger partial charge in [-0.1, -0.05) is 24.3 Å². The predicted octanol–water partition coefficient (Wildman–Crippen LogP) is 6.99. The van der Waals surface area contributed by atoms with Gasteiger partial charge in [-0.15, -0.1) is 0 Å². The van der Waals surface area contributed by atoms with E-state index >= 15 is 0 Å². The highest BCUT2D eigenvalue weighted by atomic mass is 31.2. The number of nitro benzene ring substituents is 2. The van der Waals surface area contributed by atoms with Crippen LogP contribution in [0.15, 0.2) is 72.8 Å². The number of rotatable bonds is 4. The van der Waals surface area contributed by atoms with Crippen molar-refractivity contribution in [1.82, 2.24) is 0 Å². The fourth-order valence-electron chi connectivity index (χ4n) is 4.40. The van der Waals surface area contributed by atoms with E-state index in [1.165, 1.54) is 24.3 Å². The van der Waals surface area contributed by atoms with Gasteiger partial charge in [0.05, 0.1) is 9.85 Å². The van der Waals surface area contributed by atoms with Gasteiger partial charge in [0.1, 0.15) is 11.5 Å². The Morgan fingerprint density at radius 1 is 0.649 bits per heavy atom. The Balaban J connectivity index is 1.78. The van der Waals surface area contributed by atoms with Crippen LogP contribution in [0.2, 0.25) is 0 Å². The fraction of sp³-hybridized carbons (Fsp3) is 0.0769. The topological polar surface area (TPSA) is 142 Å². The maximum absolute atomic E-state index is 13.2. The van der Waals surface area contributed by atoms with Crippen molar-refractivity contribution >= 4 is 19.2 Å². The van der Waals surface area contributed by atoms with E-state index in [0.717, 1.165) is 11.1 Å². The van der Waals surface area contributed by atoms with E-state index in [9.17, 15) is 29.7 Å². The van der Waals surface area contributed by atoms with Crippen LogP contribution in [-0.2, 0) is 4.57 Å². The summed E-state index contributed by atoms with van der Waals surface area (Å²) >= 11 is 0. The normalized spacial score (nSPS) is 13.4. The van der Waals surface area contributed by atoms with Crippen molar-refractivity contribution in [2.24, 2.45) is 0 Å². The number of nitro groups is 2. The Morgan fingerprint density at radius 2 is 1.00 bits per heavy atom. The SMILES string of the molecule is Cc1ccc(-c2ccc([N+](=O)[O-])cc2)c2c1-c1c(C)ccc(-c3ccc([N+](=O)[O-])cc3)c1OP(=O)(O)O2. The number of phosphoric acid groups is 1. The Morgan fingerprint density at radius 3 is 1.32 bits per heavy atom. The summed E-state index contributed by atoms with van der Waals surface area (Å²) in [5, 5.41) is 22.2. The molecule has 1 aliphatic heterocycles. The maximum atomic E-state index is 13.2.